The first-order valence-corrected chi connectivity index (χ1v) is 4.80. The van der Waals surface area contributed by atoms with E-state index in [2.05, 4.69) is 0 Å². The molecule has 1 saturated carbocycles. The highest BCUT2D eigenvalue weighted by atomic mass is 35.5. The zero-order chi connectivity index (χ0) is 9.26. The third-order valence-electron chi connectivity index (χ3n) is 2.61. The van der Waals surface area contributed by atoms with E-state index in [4.69, 9.17) is 10.8 Å². The van der Waals surface area contributed by atoms with E-state index in [0.29, 0.717) is 5.75 Å². The Kier molecular flexibility index (Phi) is 3.78. The van der Waals surface area contributed by atoms with E-state index in [1.807, 2.05) is 12.1 Å². The Balaban J connectivity index is 0.000000980. The van der Waals surface area contributed by atoms with E-state index in [-0.39, 0.29) is 18.4 Å². The highest BCUT2D eigenvalue weighted by Crippen LogP contribution is 2.36. The highest BCUT2D eigenvalue weighted by Gasteiger charge is 2.24. The van der Waals surface area contributed by atoms with Crippen LogP contribution >= 0.6 is 12.4 Å². The molecular formula is C11H16ClNO. The number of rotatable bonds is 3. The fourth-order valence-electron chi connectivity index (χ4n) is 1.57. The molecule has 2 nitrogen and oxygen atoms in total. The average Bonchev–Trinajstić information content (AvgIpc) is 2.89. The number of benzene rings is 1. The van der Waals surface area contributed by atoms with Crippen LogP contribution in [-0.2, 0) is 0 Å². The minimum absolute atomic E-state index is 0. The third kappa shape index (κ3) is 2.89. The lowest BCUT2D eigenvalue weighted by molar-refractivity contribution is 0.474. The van der Waals surface area contributed by atoms with Gasteiger partial charge in [-0.05, 0) is 30.0 Å². The minimum Gasteiger partial charge on any atom is -0.508 e. The SMILES string of the molecule is Cl.N[C@H](CC1CC1)c1ccc(O)cc1. The smallest absolute Gasteiger partial charge is 0.115 e. The molecule has 0 unspecified atom stereocenters. The van der Waals surface area contributed by atoms with Gasteiger partial charge in [-0.3, -0.25) is 0 Å². The van der Waals surface area contributed by atoms with Gasteiger partial charge in [0.05, 0.1) is 0 Å². The fourth-order valence-corrected chi connectivity index (χ4v) is 1.57. The molecule has 1 fully saturated rings. The van der Waals surface area contributed by atoms with Gasteiger partial charge in [0.15, 0.2) is 0 Å². The van der Waals surface area contributed by atoms with Gasteiger partial charge in [-0.15, -0.1) is 12.4 Å². The Morgan fingerprint density at radius 2 is 1.86 bits per heavy atom. The molecule has 0 heterocycles. The number of hydrogen-bond donors (Lipinski definition) is 2. The van der Waals surface area contributed by atoms with Crippen LogP contribution < -0.4 is 5.73 Å². The third-order valence-corrected chi connectivity index (χ3v) is 2.61. The summed E-state index contributed by atoms with van der Waals surface area (Å²) in [5.41, 5.74) is 7.13. The molecule has 1 aromatic carbocycles. The van der Waals surface area contributed by atoms with Gasteiger partial charge in [-0.2, -0.15) is 0 Å². The van der Waals surface area contributed by atoms with Crippen LogP contribution in [0.1, 0.15) is 30.9 Å². The predicted octanol–water partition coefficient (Wildman–Crippen LogP) is 2.61. The summed E-state index contributed by atoms with van der Waals surface area (Å²) in [7, 11) is 0. The summed E-state index contributed by atoms with van der Waals surface area (Å²) >= 11 is 0. The summed E-state index contributed by atoms with van der Waals surface area (Å²) in [5.74, 6) is 1.16. The molecule has 78 valence electrons. The van der Waals surface area contributed by atoms with Gasteiger partial charge in [0, 0.05) is 6.04 Å². The van der Waals surface area contributed by atoms with Gasteiger partial charge in [0.1, 0.15) is 5.75 Å². The van der Waals surface area contributed by atoms with E-state index in [9.17, 15) is 0 Å². The van der Waals surface area contributed by atoms with Gasteiger partial charge in [-0.1, -0.05) is 25.0 Å². The highest BCUT2D eigenvalue weighted by molar-refractivity contribution is 5.85. The first kappa shape index (κ1) is 11.3. The Bertz CT molecular complexity index is 282. The van der Waals surface area contributed by atoms with E-state index in [0.717, 1.165) is 17.9 Å². The minimum atomic E-state index is 0. The van der Waals surface area contributed by atoms with Crippen LogP contribution in [0.2, 0.25) is 0 Å². The van der Waals surface area contributed by atoms with Crippen molar-refractivity contribution in [3.8, 4) is 5.75 Å². The second kappa shape index (κ2) is 4.67. The van der Waals surface area contributed by atoms with Gasteiger partial charge in [-0.25, -0.2) is 0 Å². The molecule has 0 aromatic heterocycles. The lowest BCUT2D eigenvalue weighted by Gasteiger charge is -2.10. The van der Waals surface area contributed by atoms with Crippen LogP contribution in [0.15, 0.2) is 24.3 Å². The van der Waals surface area contributed by atoms with Gasteiger partial charge in [0.2, 0.25) is 0 Å². The van der Waals surface area contributed by atoms with Crippen molar-refractivity contribution < 1.29 is 5.11 Å². The van der Waals surface area contributed by atoms with Crippen molar-refractivity contribution in [1.82, 2.24) is 0 Å². The second-order valence-corrected chi connectivity index (χ2v) is 3.88. The Labute approximate surface area is 90.5 Å². The van der Waals surface area contributed by atoms with Crippen LogP contribution in [0.4, 0.5) is 0 Å². The number of phenols is 1. The average molecular weight is 214 g/mol. The molecule has 0 amide bonds. The van der Waals surface area contributed by atoms with Gasteiger partial charge in [0.25, 0.3) is 0 Å². The summed E-state index contributed by atoms with van der Waals surface area (Å²) in [6, 6.07) is 7.35. The lowest BCUT2D eigenvalue weighted by Crippen LogP contribution is -2.10. The van der Waals surface area contributed by atoms with Crippen LogP contribution in [0, 0.1) is 5.92 Å². The second-order valence-electron chi connectivity index (χ2n) is 3.88. The predicted molar refractivity (Wildman–Crippen MR) is 59.6 cm³/mol. The van der Waals surface area contributed by atoms with Crippen molar-refractivity contribution in [2.24, 2.45) is 11.7 Å². The zero-order valence-electron chi connectivity index (χ0n) is 8.02. The van der Waals surface area contributed by atoms with Crippen molar-refractivity contribution in [3.63, 3.8) is 0 Å². The molecule has 2 rings (SSSR count). The van der Waals surface area contributed by atoms with Crippen molar-refractivity contribution >= 4 is 12.4 Å². The Morgan fingerprint density at radius 1 is 1.29 bits per heavy atom. The summed E-state index contributed by atoms with van der Waals surface area (Å²) in [6.45, 7) is 0. The summed E-state index contributed by atoms with van der Waals surface area (Å²) in [5, 5.41) is 9.09. The molecule has 0 aliphatic heterocycles. The van der Waals surface area contributed by atoms with E-state index >= 15 is 0 Å². The Hall–Kier alpha value is -0.730. The van der Waals surface area contributed by atoms with Crippen LogP contribution in [0.25, 0.3) is 0 Å². The molecule has 1 aliphatic rings. The maximum absolute atomic E-state index is 9.09. The van der Waals surface area contributed by atoms with Gasteiger partial charge < -0.3 is 10.8 Å². The molecule has 14 heavy (non-hydrogen) atoms. The topological polar surface area (TPSA) is 46.2 Å². The van der Waals surface area contributed by atoms with E-state index < -0.39 is 0 Å². The quantitative estimate of drug-likeness (QED) is 0.811. The van der Waals surface area contributed by atoms with Crippen molar-refractivity contribution in [2.45, 2.75) is 25.3 Å². The summed E-state index contributed by atoms with van der Waals surface area (Å²) < 4.78 is 0. The number of hydrogen-bond acceptors (Lipinski definition) is 2. The molecule has 1 aromatic rings. The molecule has 1 aliphatic carbocycles. The number of nitrogens with two attached hydrogens (primary N) is 1. The van der Waals surface area contributed by atoms with Crippen molar-refractivity contribution in [2.75, 3.05) is 0 Å². The first-order chi connectivity index (χ1) is 6.25. The van der Waals surface area contributed by atoms with Crippen LogP contribution in [-0.4, -0.2) is 5.11 Å². The van der Waals surface area contributed by atoms with E-state index in [1.165, 1.54) is 12.8 Å². The molecule has 0 spiro atoms. The number of aromatic hydroxyl groups is 1. The molecule has 0 radical (unpaired) electrons. The van der Waals surface area contributed by atoms with Crippen molar-refractivity contribution in [1.29, 1.82) is 0 Å². The number of phenolic OH excluding ortho intramolecular Hbond substituents is 1. The lowest BCUT2D eigenvalue weighted by atomic mass is 10.0. The number of halogens is 1. The van der Waals surface area contributed by atoms with E-state index in [1.54, 1.807) is 12.1 Å². The normalized spacial score (nSPS) is 17.2. The molecular weight excluding hydrogens is 198 g/mol. The standard InChI is InChI=1S/C11H15NO.ClH/c12-11(7-8-1-2-8)9-3-5-10(13)6-4-9;/h3-6,8,11,13H,1-2,7,12H2;1H/t11-;/m1./s1. The first-order valence-electron chi connectivity index (χ1n) is 4.80. The molecule has 3 N–H and O–H groups in total. The zero-order valence-corrected chi connectivity index (χ0v) is 8.83. The fraction of sp³-hybridized carbons (Fsp3) is 0.455. The molecule has 3 heteroatoms. The van der Waals surface area contributed by atoms with Crippen LogP contribution in [0.5, 0.6) is 5.75 Å². The van der Waals surface area contributed by atoms with Gasteiger partial charge >= 0.3 is 0 Å². The molecule has 0 bridgehead atoms. The largest absolute Gasteiger partial charge is 0.508 e. The summed E-state index contributed by atoms with van der Waals surface area (Å²) in [6.07, 6.45) is 3.77. The molecule has 0 saturated heterocycles. The molecule has 1 atom stereocenters. The monoisotopic (exact) mass is 213 g/mol. The summed E-state index contributed by atoms with van der Waals surface area (Å²) in [4.78, 5) is 0. The maximum atomic E-state index is 9.09. The van der Waals surface area contributed by atoms with Crippen molar-refractivity contribution in [3.05, 3.63) is 29.8 Å². The maximum Gasteiger partial charge on any atom is 0.115 e. The van der Waals surface area contributed by atoms with Crippen LogP contribution in [0.3, 0.4) is 0 Å². The Morgan fingerprint density at radius 3 is 2.36 bits per heavy atom.